The standard InChI is InChI=1S/C11H21N3O2/c1-3-7-14-10(6-5-8-16-4-2)12-13-11(14)9-15/h15H,3-9H2,1-2H3. The van der Waals surface area contributed by atoms with E-state index >= 15 is 0 Å². The van der Waals surface area contributed by atoms with E-state index in [9.17, 15) is 0 Å². The molecule has 1 aromatic rings. The van der Waals surface area contributed by atoms with Gasteiger partial charge in [-0.05, 0) is 19.8 Å². The van der Waals surface area contributed by atoms with E-state index in [-0.39, 0.29) is 6.61 Å². The van der Waals surface area contributed by atoms with Crippen molar-refractivity contribution in [1.29, 1.82) is 0 Å². The lowest BCUT2D eigenvalue weighted by molar-refractivity contribution is 0.144. The van der Waals surface area contributed by atoms with Gasteiger partial charge in [-0.25, -0.2) is 0 Å². The van der Waals surface area contributed by atoms with Crippen molar-refractivity contribution >= 4 is 0 Å². The fourth-order valence-electron chi connectivity index (χ4n) is 1.63. The Morgan fingerprint density at radius 2 is 2.00 bits per heavy atom. The fraction of sp³-hybridized carbons (Fsp3) is 0.818. The lowest BCUT2D eigenvalue weighted by atomic mass is 10.3. The topological polar surface area (TPSA) is 60.2 Å². The normalized spacial score (nSPS) is 10.9. The maximum absolute atomic E-state index is 9.12. The zero-order valence-corrected chi connectivity index (χ0v) is 10.1. The number of rotatable bonds is 8. The van der Waals surface area contributed by atoms with Gasteiger partial charge in [0.1, 0.15) is 12.4 Å². The Labute approximate surface area is 96.5 Å². The molecule has 92 valence electrons. The molecule has 1 aromatic heterocycles. The first-order chi connectivity index (χ1) is 7.83. The molecule has 0 aliphatic carbocycles. The number of aromatic nitrogens is 3. The second-order valence-electron chi connectivity index (χ2n) is 3.64. The van der Waals surface area contributed by atoms with Gasteiger partial charge in [0, 0.05) is 26.2 Å². The van der Waals surface area contributed by atoms with Crippen LogP contribution in [0.5, 0.6) is 0 Å². The number of hydrogen-bond acceptors (Lipinski definition) is 4. The Kier molecular flexibility index (Phi) is 6.03. The summed E-state index contributed by atoms with van der Waals surface area (Å²) >= 11 is 0. The van der Waals surface area contributed by atoms with Gasteiger partial charge in [0.25, 0.3) is 0 Å². The minimum atomic E-state index is -0.0432. The van der Waals surface area contributed by atoms with Crippen molar-refractivity contribution in [2.45, 2.75) is 46.3 Å². The third-order valence-corrected chi connectivity index (χ3v) is 2.39. The maximum atomic E-state index is 9.12. The third-order valence-electron chi connectivity index (χ3n) is 2.39. The molecule has 16 heavy (non-hydrogen) atoms. The summed E-state index contributed by atoms with van der Waals surface area (Å²) in [6.07, 6.45) is 2.82. The first-order valence-electron chi connectivity index (χ1n) is 5.93. The number of ether oxygens (including phenoxy) is 1. The molecule has 0 saturated heterocycles. The van der Waals surface area contributed by atoms with Crippen LogP contribution in [0.25, 0.3) is 0 Å². The van der Waals surface area contributed by atoms with Crippen LogP contribution in [0.3, 0.4) is 0 Å². The Bertz CT molecular complexity index is 299. The predicted octanol–water partition coefficient (Wildman–Crippen LogP) is 1.15. The average Bonchev–Trinajstić information content (AvgIpc) is 2.68. The molecule has 0 radical (unpaired) electrons. The van der Waals surface area contributed by atoms with Crippen molar-refractivity contribution in [2.24, 2.45) is 0 Å². The van der Waals surface area contributed by atoms with Crippen LogP contribution in [0, 0.1) is 0 Å². The van der Waals surface area contributed by atoms with Gasteiger partial charge < -0.3 is 14.4 Å². The van der Waals surface area contributed by atoms with Crippen LogP contribution in [-0.4, -0.2) is 33.1 Å². The van der Waals surface area contributed by atoms with E-state index in [4.69, 9.17) is 9.84 Å². The molecule has 0 aliphatic rings. The summed E-state index contributed by atoms with van der Waals surface area (Å²) in [7, 11) is 0. The van der Waals surface area contributed by atoms with E-state index in [0.717, 1.165) is 44.8 Å². The van der Waals surface area contributed by atoms with Gasteiger partial charge in [-0.3, -0.25) is 0 Å². The van der Waals surface area contributed by atoms with Gasteiger partial charge in [-0.2, -0.15) is 0 Å². The van der Waals surface area contributed by atoms with Crippen molar-refractivity contribution in [3.63, 3.8) is 0 Å². The van der Waals surface area contributed by atoms with Crippen molar-refractivity contribution in [2.75, 3.05) is 13.2 Å². The Morgan fingerprint density at radius 1 is 1.25 bits per heavy atom. The number of aliphatic hydroxyl groups excluding tert-OH is 1. The van der Waals surface area contributed by atoms with Crippen molar-refractivity contribution < 1.29 is 9.84 Å². The molecule has 1 rings (SSSR count). The maximum Gasteiger partial charge on any atom is 0.158 e. The lowest BCUT2D eigenvalue weighted by Gasteiger charge is -2.07. The van der Waals surface area contributed by atoms with Crippen LogP contribution in [0.4, 0.5) is 0 Å². The highest BCUT2D eigenvalue weighted by Gasteiger charge is 2.09. The zero-order chi connectivity index (χ0) is 11.8. The molecule has 0 aromatic carbocycles. The van der Waals surface area contributed by atoms with Gasteiger partial charge in [0.2, 0.25) is 0 Å². The molecule has 0 saturated carbocycles. The van der Waals surface area contributed by atoms with Crippen LogP contribution >= 0.6 is 0 Å². The van der Waals surface area contributed by atoms with Crippen LogP contribution in [-0.2, 0) is 24.3 Å². The molecule has 0 amide bonds. The van der Waals surface area contributed by atoms with Crippen LogP contribution in [0.2, 0.25) is 0 Å². The molecule has 0 spiro atoms. The summed E-state index contributed by atoms with van der Waals surface area (Å²) in [5, 5.41) is 17.2. The van der Waals surface area contributed by atoms with Gasteiger partial charge in [-0.1, -0.05) is 6.92 Å². The molecule has 1 heterocycles. The highest BCUT2D eigenvalue weighted by atomic mass is 16.5. The zero-order valence-electron chi connectivity index (χ0n) is 10.1. The quantitative estimate of drug-likeness (QED) is 0.677. The second kappa shape index (κ2) is 7.35. The smallest absolute Gasteiger partial charge is 0.158 e. The first kappa shape index (κ1) is 13.1. The van der Waals surface area contributed by atoms with Gasteiger partial charge in [-0.15, -0.1) is 10.2 Å². The first-order valence-corrected chi connectivity index (χ1v) is 5.93. The molecule has 5 heteroatoms. The highest BCUT2D eigenvalue weighted by molar-refractivity contribution is 4.95. The van der Waals surface area contributed by atoms with Crippen LogP contribution in [0.15, 0.2) is 0 Å². The highest BCUT2D eigenvalue weighted by Crippen LogP contribution is 2.06. The predicted molar refractivity (Wildman–Crippen MR) is 61.0 cm³/mol. The number of aryl methyl sites for hydroxylation is 1. The van der Waals surface area contributed by atoms with Crippen molar-refractivity contribution in [1.82, 2.24) is 14.8 Å². The van der Waals surface area contributed by atoms with E-state index in [0.29, 0.717) is 5.82 Å². The molecule has 0 unspecified atom stereocenters. The van der Waals surface area contributed by atoms with Crippen LogP contribution < -0.4 is 0 Å². The summed E-state index contributed by atoms with van der Waals surface area (Å²) in [6.45, 7) is 6.42. The molecular weight excluding hydrogens is 206 g/mol. The molecule has 5 nitrogen and oxygen atoms in total. The Hall–Kier alpha value is -0.940. The molecule has 0 aliphatic heterocycles. The molecule has 0 fully saturated rings. The third kappa shape index (κ3) is 3.57. The summed E-state index contributed by atoms with van der Waals surface area (Å²) < 4.78 is 7.29. The van der Waals surface area contributed by atoms with E-state index in [1.807, 2.05) is 11.5 Å². The van der Waals surface area contributed by atoms with Gasteiger partial charge >= 0.3 is 0 Å². The minimum absolute atomic E-state index is 0.0432. The fourth-order valence-corrected chi connectivity index (χ4v) is 1.63. The monoisotopic (exact) mass is 227 g/mol. The Balaban J connectivity index is 2.53. The number of nitrogens with zero attached hydrogens (tertiary/aromatic N) is 3. The average molecular weight is 227 g/mol. The van der Waals surface area contributed by atoms with E-state index in [1.165, 1.54) is 0 Å². The summed E-state index contributed by atoms with van der Waals surface area (Å²) in [4.78, 5) is 0. The molecule has 0 bridgehead atoms. The largest absolute Gasteiger partial charge is 0.388 e. The Morgan fingerprint density at radius 3 is 2.62 bits per heavy atom. The van der Waals surface area contributed by atoms with Crippen molar-refractivity contribution in [3.05, 3.63) is 11.6 Å². The summed E-state index contributed by atoms with van der Waals surface area (Å²) in [6, 6.07) is 0. The SMILES string of the molecule is CCCn1c(CO)nnc1CCCOCC. The van der Waals surface area contributed by atoms with Crippen molar-refractivity contribution in [3.8, 4) is 0 Å². The lowest BCUT2D eigenvalue weighted by Crippen LogP contribution is -2.08. The van der Waals surface area contributed by atoms with E-state index in [2.05, 4.69) is 17.1 Å². The number of hydrogen-bond donors (Lipinski definition) is 1. The number of aliphatic hydroxyl groups is 1. The van der Waals surface area contributed by atoms with Gasteiger partial charge in [0.05, 0.1) is 0 Å². The summed E-state index contributed by atoms with van der Waals surface area (Å²) in [5.41, 5.74) is 0. The van der Waals surface area contributed by atoms with E-state index < -0.39 is 0 Å². The molecule has 1 N–H and O–H groups in total. The molecular formula is C11H21N3O2. The summed E-state index contributed by atoms with van der Waals surface area (Å²) in [5.74, 6) is 1.61. The van der Waals surface area contributed by atoms with Crippen LogP contribution in [0.1, 0.15) is 38.3 Å². The minimum Gasteiger partial charge on any atom is -0.388 e. The van der Waals surface area contributed by atoms with Gasteiger partial charge in [0.15, 0.2) is 5.82 Å². The second-order valence-corrected chi connectivity index (χ2v) is 3.64. The van der Waals surface area contributed by atoms with E-state index in [1.54, 1.807) is 0 Å². The molecule has 0 atom stereocenters.